The number of nitrogens with two attached hydrogens (primary N) is 1. The van der Waals surface area contributed by atoms with Gasteiger partial charge in [0.2, 0.25) is 23.4 Å². The van der Waals surface area contributed by atoms with Gasteiger partial charge in [0.25, 0.3) is 6.47 Å². The first-order valence-corrected chi connectivity index (χ1v) is 32.9. The molecule has 3 aliphatic carbocycles. The minimum absolute atomic E-state index is 0.00600. The Kier molecular flexibility index (Phi) is 26.4. The first kappa shape index (κ1) is 68.8. The number of carboxylic acid groups (broad SMARTS) is 1. The van der Waals surface area contributed by atoms with E-state index in [2.05, 4.69) is 51.9 Å². The van der Waals surface area contributed by atoms with E-state index in [4.69, 9.17) is 15.6 Å². The topological polar surface area (TPSA) is 236 Å². The number of pyridine rings is 1. The molecule has 0 spiro atoms. The fourth-order valence-electron chi connectivity index (χ4n) is 15.9. The number of carbonyl (C=O) groups is 10. The summed E-state index contributed by atoms with van der Waals surface area (Å²) in [5.74, 6) is -2.86. The molecule has 5 heterocycles. The zero-order chi connectivity index (χ0) is 61.9. The summed E-state index contributed by atoms with van der Waals surface area (Å²) in [5, 5.41) is 6.89. The van der Waals surface area contributed by atoms with Crippen LogP contribution in [0.2, 0.25) is 0 Å². The van der Waals surface area contributed by atoms with E-state index in [9.17, 15) is 43.2 Å². The number of Topliss-reactive ketones (excluding diaryl/α,β-unsaturated/α-hetero) is 7. The Hall–Kier alpha value is -5.31. The average Bonchev–Trinajstić information content (AvgIpc) is 1.55. The van der Waals surface area contributed by atoms with Gasteiger partial charge in [0.15, 0.2) is 23.1 Å². The molecule has 0 bridgehead atoms. The van der Waals surface area contributed by atoms with Crippen LogP contribution in [0.15, 0.2) is 49.7 Å². The zero-order valence-corrected chi connectivity index (χ0v) is 52.2. The average molecular weight is 1180 g/mol. The summed E-state index contributed by atoms with van der Waals surface area (Å²) in [6.45, 7) is 16.8. The van der Waals surface area contributed by atoms with Crippen molar-refractivity contribution in [3.8, 4) is 0 Å². The van der Waals surface area contributed by atoms with Gasteiger partial charge >= 0.3 is 0 Å². The molecule has 1 aromatic heterocycles. The molecular formula is C70H104N4O11. The van der Waals surface area contributed by atoms with Gasteiger partial charge in [-0.2, -0.15) is 0 Å². The quantitative estimate of drug-likeness (QED) is 0.0891. The number of allylic oxidation sites excluding steroid dienone is 2. The lowest BCUT2D eigenvalue weighted by Gasteiger charge is -2.37. The number of piperidine rings is 2. The van der Waals surface area contributed by atoms with Gasteiger partial charge in [0.05, 0.1) is 18.1 Å². The molecule has 0 aromatic carbocycles. The van der Waals surface area contributed by atoms with Crippen molar-refractivity contribution >= 4 is 58.8 Å². The van der Waals surface area contributed by atoms with E-state index in [1.54, 1.807) is 22.0 Å². The highest BCUT2D eigenvalue weighted by molar-refractivity contribution is 6.38. The van der Waals surface area contributed by atoms with Crippen LogP contribution in [0.1, 0.15) is 232 Å². The lowest BCUT2D eigenvalue weighted by molar-refractivity contribution is -0.145. The Morgan fingerprint density at radius 2 is 1.05 bits per heavy atom. The third-order valence-corrected chi connectivity index (χ3v) is 21.1. The van der Waals surface area contributed by atoms with Crippen molar-refractivity contribution in [2.45, 2.75) is 251 Å². The van der Waals surface area contributed by atoms with Crippen LogP contribution >= 0.6 is 0 Å². The Labute approximate surface area is 507 Å². The molecule has 4 saturated heterocycles. The highest BCUT2D eigenvalue weighted by atomic mass is 16.3. The second-order valence-electron chi connectivity index (χ2n) is 27.7. The molecule has 4 aliphatic heterocycles. The van der Waals surface area contributed by atoms with Crippen molar-refractivity contribution in [3.63, 3.8) is 0 Å². The van der Waals surface area contributed by atoms with Crippen molar-refractivity contribution in [1.82, 2.24) is 14.8 Å². The third-order valence-electron chi connectivity index (χ3n) is 21.1. The monoisotopic (exact) mass is 1180 g/mol. The predicted octanol–water partition coefficient (Wildman–Crippen LogP) is 11.9. The molecule has 7 aliphatic rings. The van der Waals surface area contributed by atoms with Gasteiger partial charge in [-0.25, -0.2) is 0 Å². The second-order valence-corrected chi connectivity index (χ2v) is 27.7. The lowest BCUT2D eigenvalue weighted by Crippen LogP contribution is -2.52. The zero-order valence-electron chi connectivity index (χ0n) is 52.2. The maximum Gasteiger partial charge on any atom is 0.290 e. The van der Waals surface area contributed by atoms with Crippen LogP contribution in [-0.2, 0) is 54.4 Å². The van der Waals surface area contributed by atoms with Crippen molar-refractivity contribution in [3.05, 3.63) is 55.4 Å². The normalized spacial score (nSPS) is 29.8. The van der Waals surface area contributed by atoms with E-state index in [0.29, 0.717) is 64.0 Å². The van der Waals surface area contributed by atoms with Gasteiger partial charge in [-0.15, -0.1) is 13.2 Å². The highest BCUT2D eigenvalue weighted by Gasteiger charge is 2.70. The van der Waals surface area contributed by atoms with Gasteiger partial charge in [0.1, 0.15) is 5.78 Å². The second kappa shape index (κ2) is 32.6. The summed E-state index contributed by atoms with van der Waals surface area (Å²) in [5.41, 5.74) is 7.13. The van der Waals surface area contributed by atoms with E-state index in [1.165, 1.54) is 6.42 Å². The third kappa shape index (κ3) is 18.4. The van der Waals surface area contributed by atoms with E-state index in [0.717, 1.165) is 128 Å². The van der Waals surface area contributed by atoms with E-state index in [1.807, 2.05) is 18.3 Å². The van der Waals surface area contributed by atoms with Crippen LogP contribution in [0.3, 0.4) is 0 Å². The van der Waals surface area contributed by atoms with E-state index < -0.39 is 59.0 Å². The Bertz CT molecular complexity index is 2500. The molecule has 15 heteroatoms. The number of hydrogen-bond acceptors (Lipinski definition) is 12. The molecule has 1 aromatic rings. The lowest BCUT2D eigenvalue weighted by atomic mass is 9.67. The molecule has 3 saturated carbocycles. The fraction of sp³-hybridized carbons (Fsp3) is 0.729. The number of hydrogen-bond donors (Lipinski definition) is 2. The first-order chi connectivity index (χ1) is 40.7. The summed E-state index contributed by atoms with van der Waals surface area (Å²) in [6.07, 6.45) is 29.7. The molecule has 0 unspecified atom stereocenters. The summed E-state index contributed by atoms with van der Waals surface area (Å²) in [4.78, 5) is 138. The standard InChI is InChI=1S/C42H60N2O5.C27H42N2O4.CH2O2/c1-4-5-21-35(46)39(48)30-18-12-9-7-6-8-10-13-19-31(40(49)44-29-34-37(41(34,2)3)38(44)36(47)26-30)25-33(45)28-42(22-15-11-16-23-42)27-32-20-14-17-24-43-32;1-4-5-15-21(30)25(32)18-13-11-9-7-6-8-10-12-14-20(28)26(33)29-17-19-23(27(19,2)3)24(29)22(31)16-18;2-1-3/h4,14,17,20,24,30-31,34,37-38H,1,5-13,15-16,18-19,21-23,25-29H2,2-3H3;4,18-20,23-24H,1,5-17,28H2,2-3H3;1H,(H,2,3)/t30-,31-,34+,37+,38-;18-,19+,20+,23+,24-;/m11./s1. The summed E-state index contributed by atoms with van der Waals surface area (Å²) < 4.78 is 0. The SMILES string of the molecule is C=CCCC(=O)C(=O)[C@@H]1CCCCCCCCC[C@H](CC(=O)CC2(Cc3ccccn3)CCCCC2)C(=O)N2C[C@H]3[C@@H]([C@H]2C(=O)C1)C3(C)C.C=CCCC(=O)C(=O)[C@@H]1CCCCCCCCC[C@H](N)C(=O)N2C[C@H]3[C@@H]([C@H]2C(=O)C1)C3(C)C.O=CO. The molecular weight excluding hydrogens is 1070 g/mol. The van der Waals surface area contributed by atoms with Crippen LogP contribution in [0.25, 0.3) is 0 Å². The molecule has 3 N–H and O–H groups in total. The van der Waals surface area contributed by atoms with Crippen LogP contribution in [0.4, 0.5) is 0 Å². The van der Waals surface area contributed by atoms with Gasteiger partial charge in [-0.05, 0) is 110 Å². The van der Waals surface area contributed by atoms with Crippen LogP contribution in [-0.4, -0.2) is 110 Å². The molecule has 10 atom stereocenters. The molecule has 8 rings (SSSR count). The Morgan fingerprint density at radius 3 is 1.49 bits per heavy atom. The molecule has 0 radical (unpaired) electrons. The molecule has 85 heavy (non-hydrogen) atoms. The summed E-state index contributed by atoms with van der Waals surface area (Å²) >= 11 is 0. The minimum Gasteiger partial charge on any atom is -0.483 e. The number of ketones is 7. The number of carbonyl (C=O) groups excluding carboxylic acids is 9. The van der Waals surface area contributed by atoms with E-state index in [-0.39, 0.29) is 102 Å². The number of aromatic nitrogens is 1. The molecule has 7 fully saturated rings. The first-order valence-electron chi connectivity index (χ1n) is 32.9. The van der Waals surface area contributed by atoms with Crippen LogP contribution in [0, 0.1) is 57.7 Å². The van der Waals surface area contributed by atoms with Crippen LogP contribution in [0.5, 0.6) is 0 Å². The fourth-order valence-corrected chi connectivity index (χ4v) is 15.9. The number of fused-ring (bicyclic) bond motifs is 6. The number of amides is 2. The molecule has 470 valence electrons. The summed E-state index contributed by atoms with van der Waals surface area (Å²) in [7, 11) is 0. The number of nitrogens with zero attached hydrogens (tertiary/aromatic N) is 3. The Balaban J connectivity index is 0.000000279. The maximum atomic E-state index is 14.6. The maximum absolute atomic E-state index is 14.6. The smallest absolute Gasteiger partial charge is 0.290 e. The van der Waals surface area contributed by atoms with Gasteiger partial charge in [-0.1, -0.05) is 155 Å². The molecule has 15 nitrogen and oxygen atoms in total. The summed E-state index contributed by atoms with van der Waals surface area (Å²) in [6, 6.07) is 4.30. The predicted molar refractivity (Wildman–Crippen MR) is 329 cm³/mol. The van der Waals surface area contributed by atoms with Gasteiger partial charge in [0, 0.05) is 81.3 Å². The van der Waals surface area contributed by atoms with Crippen molar-refractivity contribution in [1.29, 1.82) is 0 Å². The van der Waals surface area contributed by atoms with Gasteiger partial charge in [-0.3, -0.25) is 52.9 Å². The van der Waals surface area contributed by atoms with Crippen molar-refractivity contribution < 1.29 is 53.1 Å². The minimum atomic E-state index is -0.640. The Morgan fingerprint density at radius 1 is 0.624 bits per heavy atom. The number of rotatable bonds is 16. The van der Waals surface area contributed by atoms with Crippen molar-refractivity contribution in [2.75, 3.05) is 13.1 Å². The van der Waals surface area contributed by atoms with Crippen molar-refractivity contribution in [2.24, 2.45) is 63.4 Å². The van der Waals surface area contributed by atoms with Crippen LogP contribution < -0.4 is 5.73 Å². The largest absolute Gasteiger partial charge is 0.483 e. The molecule has 2 amide bonds. The van der Waals surface area contributed by atoms with E-state index >= 15 is 0 Å². The van der Waals surface area contributed by atoms with Gasteiger partial charge < -0.3 is 20.6 Å². The highest BCUT2D eigenvalue weighted by Crippen LogP contribution is 2.66.